The summed E-state index contributed by atoms with van der Waals surface area (Å²) in [6.07, 6.45) is 0. The van der Waals surface area contributed by atoms with Crippen molar-refractivity contribution in [1.82, 2.24) is 10.6 Å². The second-order valence-corrected chi connectivity index (χ2v) is 5.81. The Morgan fingerprint density at radius 1 is 1.18 bits per heavy atom. The Bertz CT molecular complexity index is 286. The van der Waals surface area contributed by atoms with Gasteiger partial charge in [0.25, 0.3) is 0 Å². The van der Waals surface area contributed by atoms with Gasteiger partial charge >= 0.3 is 5.97 Å². The molecule has 0 rings (SSSR count). The van der Waals surface area contributed by atoms with Crippen molar-refractivity contribution in [2.75, 3.05) is 18.1 Å². The van der Waals surface area contributed by atoms with Gasteiger partial charge in [-0.25, -0.2) is 4.79 Å². The fraction of sp³-hybridized carbons (Fsp3) is 0.667. The van der Waals surface area contributed by atoms with Crippen LogP contribution >= 0.6 is 21.6 Å². The molecular formula is C9H16N2O4S2. The largest absolute Gasteiger partial charge is 0.480 e. The van der Waals surface area contributed by atoms with E-state index in [1.54, 1.807) is 0 Å². The predicted molar refractivity (Wildman–Crippen MR) is 68.8 cm³/mol. The quantitative estimate of drug-likeness (QED) is 0.431. The monoisotopic (exact) mass is 280 g/mol. The molecule has 0 spiro atoms. The van der Waals surface area contributed by atoms with E-state index in [1.165, 1.54) is 35.4 Å². The van der Waals surface area contributed by atoms with Gasteiger partial charge in [0.15, 0.2) is 0 Å². The Labute approximate surface area is 108 Å². The number of carboxylic acids is 1. The van der Waals surface area contributed by atoms with Gasteiger partial charge < -0.3 is 15.7 Å². The van der Waals surface area contributed by atoms with Gasteiger partial charge in [-0.15, -0.1) is 0 Å². The van der Waals surface area contributed by atoms with Crippen LogP contribution in [-0.2, 0) is 14.4 Å². The third-order valence-electron chi connectivity index (χ3n) is 1.55. The highest BCUT2D eigenvalue weighted by molar-refractivity contribution is 8.76. The standard InChI is InChI=1S/C9H16N2O4S2/c1-6(12)10-3-4-16-17-5-8(9(14)15)11-7(2)13/h8H,3-5H2,1-2H3,(H,10,12)(H,11,13)(H,14,15). The van der Waals surface area contributed by atoms with Crippen molar-refractivity contribution in [3.8, 4) is 0 Å². The zero-order valence-corrected chi connectivity index (χ0v) is 11.3. The first-order chi connectivity index (χ1) is 7.93. The van der Waals surface area contributed by atoms with Crippen LogP contribution in [0, 0.1) is 0 Å². The topological polar surface area (TPSA) is 95.5 Å². The lowest BCUT2D eigenvalue weighted by atomic mass is 10.3. The third kappa shape index (κ3) is 10.0. The number of hydrogen-bond donors (Lipinski definition) is 3. The molecule has 0 bridgehead atoms. The van der Waals surface area contributed by atoms with Crippen LogP contribution in [0.5, 0.6) is 0 Å². The third-order valence-corrected chi connectivity index (χ3v) is 3.97. The van der Waals surface area contributed by atoms with Gasteiger partial charge in [0, 0.05) is 31.9 Å². The van der Waals surface area contributed by atoms with Crippen LogP contribution in [0.4, 0.5) is 0 Å². The molecule has 3 N–H and O–H groups in total. The molecule has 0 heterocycles. The van der Waals surface area contributed by atoms with Crippen LogP contribution in [0.15, 0.2) is 0 Å². The molecule has 0 aromatic carbocycles. The number of carboxylic acid groups (broad SMARTS) is 1. The Balaban J connectivity index is 3.65. The Morgan fingerprint density at radius 3 is 2.29 bits per heavy atom. The maximum atomic E-state index is 10.7. The Kier molecular flexibility index (Phi) is 8.69. The van der Waals surface area contributed by atoms with Gasteiger partial charge in [-0.1, -0.05) is 21.6 Å². The van der Waals surface area contributed by atoms with E-state index in [9.17, 15) is 14.4 Å². The Hall–Kier alpha value is -0.890. The normalized spacial score (nSPS) is 11.6. The highest BCUT2D eigenvalue weighted by Gasteiger charge is 2.17. The van der Waals surface area contributed by atoms with Crippen LogP contribution in [0.2, 0.25) is 0 Å². The number of hydrogen-bond acceptors (Lipinski definition) is 5. The number of carbonyl (C=O) groups is 3. The summed E-state index contributed by atoms with van der Waals surface area (Å²) in [5.41, 5.74) is 0. The molecule has 0 fully saturated rings. The summed E-state index contributed by atoms with van der Waals surface area (Å²) in [4.78, 5) is 32.0. The van der Waals surface area contributed by atoms with Crippen molar-refractivity contribution in [2.24, 2.45) is 0 Å². The SMILES string of the molecule is CC(=O)NCCSSCC(NC(C)=O)C(=O)O. The van der Waals surface area contributed by atoms with E-state index in [0.717, 1.165) is 0 Å². The molecule has 0 radical (unpaired) electrons. The molecule has 6 nitrogen and oxygen atoms in total. The minimum absolute atomic E-state index is 0.0859. The summed E-state index contributed by atoms with van der Waals surface area (Å²) in [6, 6.07) is -0.870. The first-order valence-corrected chi connectivity index (χ1v) is 7.41. The molecule has 17 heavy (non-hydrogen) atoms. The van der Waals surface area contributed by atoms with Crippen molar-refractivity contribution < 1.29 is 19.5 Å². The predicted octanol–water partition coefficient (Wildman–Crippen LogP) is 0.0932. The Morgan fingerprint density at radius 2 is 1.82 bits per heavy atom. The second kappa shape index (κ2) is 9.17. The fourth-order valence-electron chi connectivity index (χ4n) is 0.864. The van der Waals surface area contributed by atoms with E-state index < -0.39 is 12.0 Å². The first kappa shape index (κ1) is 16.1. The minimum Gasteiger partial charge on any atom is -0.480 e. The molecule has 0 aliphatic rings. The number of carbonyl (C=O) groups excluding carboxylic acids is 2. The van der Waals surface area contributed by atoms with Gasteiger partial charge in [0.05, 0.1) is 0 Å². The molecule has 98 valence electrons. The molecule has 1 unspecified atom stereocenters. The van der Waals surface area contributed by atoms with E-state index in [1.807, 2.05) is 0 Å². The van der Waals surface area contributed by atoms with E-state index in [0.29, 0.717) is 18.1 Å². The number of rotatable bonds is 8. The highest BCUT2D eigenvalue weighted by atomic mass is 33.1. The second-order valence-electron chi connectivity index (χ2n) is 3.18. The molecule has 0 aromatic rings. The van der Waals surface area contributed by atoms with Crippen LogP contribution < -0.4 is 10.6 Å². The molecule has 0 saturated heterocycles. The van der Waals surface area contributed by atoms with Crippen molar-refractivity contribution in [3.63, 3.8) is 0 Å². The van der Waals surface area contributed by atoms with Crippen molar-refractivity contribution in [2.45, 2.75) is 19.9 Å². The summed E-state index contributed by atoms with van der Waals surface area (Å²) in [5, 5.41) is 13.8. The summed E-state index contributed by atoms with van der Waals surface area (Å²) < 4.78 is 0. The van der Waals surface area contributed by atoms with E-state index in [4.69, 9.17) is 5.11 Å². The van der Waals surface area contributed by atoms with Gasteiger partial charge in [0.1, 0.15) is 6.04 Å². The molecule has 0 saturated carbocycles. The van der Waals surface area contributed by atoms with E-state index in [2.05, 4.69) is 10.6 Å². The molecule has 0 aliphatic heterocycles. The summed E-state index contributed by atoms with van der Waals surface area (Å²) >= 11 is 0. The first-order valence-electron chi connectivity index (χ1n) is 4.92. The van der Waals surface area contributed by atoms with Crippen molar-refractivity contribution >= 4 is 39.4 Å². The molecule has 1 atom stereocenters. The average Bonchev–Trinajstić information content (AvgIpc) is 2.20. The average molecular weight is 280 g/mol. The van der Waals surface area contributed by atoms with Crippen LogP contribution in [0.1, 0.15) is 13.8 Å². The maximum Gasteiger partial charge on any atom is 0.327 e. The summed E-state index contributed by atoms with van der Waals surface area (Å²) in [6.45, 7) is 3.27. The van der Waals surface area contributed by atoms with Crippen molar-refractivity contribution in [1.29, 1.82) is 0 Å². The van der Waals surface area contributed by atoms with Crippen LogP contribution in [0.25, 0.3) is 0 Å². The lowest BCUT2D eigenvalue weighted by Gasteiger charge is -2.12. The zero-order chi connectivity index (χ0) is 13.3. The molecule has 0 aromatic heterocycles. The van der Waals surface area contributed by atoms with Gasteiger partial charge in [-0.3, -0.25) is 9.59 Å². The molecule has 8 heteroatoms. The van der Waals surface area contributed by atoms with Gasteiger partial charge in [-0.05, 0) is 0 Å². The molecule has 2 amide bonds. The van der Waals surface area contributed by atoms with Crippen molar-refractivity contribution in [3.05, 3.63) is 0 Å². The lowest BCUT2D eigenvalue weighted by Crippen LogP contribution is -2.41. The number of nitrogens with one attached hydrogen (secondary N) is 2. The van der Waals surface area contributed by atoms with Crippen LogP contribution in [-0.4, -0.2) is 47.0 Å². The van der Waals surface area contributed by atoms with Gasteiger partial charge in [0.2, 0.25) is 11.8 Å². The summed E-state index contributed by atoms with van der Waals surface area (Å²) in [7, 11) is 2.81. The zero-order valence-electron chi connectivity index (χ0n) is 9.69. The number of amides is 2. The molecule has 0 aliphatic carbocycles. The number of aliphatic carboxylic acids is 1. The lowest BCUT2D eigenvalue weighted by molar-refractivity contribution is -0.140. The van der Waals surface area contributed by atoms with E-state index >= 15 is 0 Å². The smallest absolute Gasteiger partial charge is 0.327 e. The van der Waals surface area contributed by atoms with E-state index in [-0.39, 0.29) is 11.8 Å². The molecular weight excluding hydrogens is 264 g/mol. The van der Waals surface area contributed by atoms with Gasteiger partial charge in [-0.2, -0.15) is 0 Å². The summed E-state index contributed by atoms with van der Waals surface area (Å²) in [5.74, 6) is -0.510. The highest BCUT2D eigenvalue weighted by Crippen LogP contribution is 2.21. The minimum atomic E-state index is -1.05. The fourth-order valence-corrected chi connectivity index (χ4v) is 2.93. The maximum absolute atomic E-state index is 10.7. The van der Waals surface area contributed by atoms with Crippen LogP contribution in [0.3, 0.4) is 0 Å².